The van der Waals surface area contributed by atoms with Gasteiger partial charge in [0.2, 0.25) is 0 Å². The van der Waals surface area contributed by atoms with Crippen LogP contribution in [0.3, 0.4) is 0 Å². The monoisotopic (exact) mass is 909 g/mol. The Hall–Kier alpha value is -4.85. The average molecular weight is 910 g/mol. The first-order chi connectivity index (χ1) is 31.6. The highest BCUT2D eigenvalue weighted by molar-refractivity contribution is 6.91. The first kappa shape index (κ1) is 52.1. The molecule has 2 aromatic heterocycles. The Morgan fingerprint density at radius 2 is 0.682 bits per heavy atom. The van der Waals surface area contributed by atoms with Gasteiger partial charge in [-0.3, -0.25) is 9.97 Å². The Morgan fingerprint density at radius 1 is 0.379 bits per heavy atom. The number of pyridine rings is 2. The van der Waals surface area contributed by atoms with E-state index in [1.54, 1.807) is 0 Å². The van der Waals surface area contributed by atoms with E-state index < -0.39 is 16.1 Å². The van der Waals surface area contributed by atoms with Crippen LogP contribution in [-0.4, -0.2) is 26.1 Å². The molecule has 0 unspecified atom stereocenters. The molecule has 0 radical (unpaired) electrons. The third-order valence-corrected chi connectivity index (χ3v) is 27.2. The van der Waals surface area contributed by atoms with Crippen LogP contribution in [-0.2, 0) is 12.8 Å². The second kappa shape index (κ2) is 24.3. The number of aryl methyl sites for hydroxylation is 2. The van der Waals surface area contributed by atoms with Crippen molar-refractivity contribution in [2.75, 3.05) is 0 Å². The fourth-order valence-electron chi connectivity index (χ4n) is 10.9. The van der Waals surface area contributed by atoms with Crippen LogP contribution in [0.15, 0.2) is 73.1 Å². The lowest BCUT2D eigenvalue weighted by Crippen LogP contribution is -2.43. The lowest BCUT2D eigenvalue weighted by molar-refractivity contribution is 0.666. The maximum Gasteiger partial charge on any atom is 0.146 e. The van der Waals surface area contributed by atoms with Gasteiger partial charge < -0.3 is 0 Å². The summed E-state index contributed by atoms with van der Waals surface area (Å²) in [6.07, 6.45) is 15.6. The molecule has 0 amide bonds. The maximum absolute atomic E-state index is 5.16. The molecule has 346 valence electrons. The minimum atomic E-state index is -1.82. The molecule has 66 heavy (non-hydrogen) atoms. The normalized spacial score (nSPS) is 11.8. The van der Waals surface area contributed by atoms with Crippen molar-refractivity contribution in [2.24, 2.45) is 0 Å². The fraction of sp³-hybridized carbons (Fsp3) is 0.484. The Bertz CT molecular complexity index is 2420. The Balaban J connectivity index is 1.57. The highest BCUT2D eigenvalue weighted by atomic mass is 28.3. The summed E-state index contributed by atoms with van der Waals surface area (Å²) in [7, 11) is -3.63. The van der Waals surface area contributed by atoms with E-state index in [2.05, 4.69) is 217 Å². The van der Waals surface area contributed by atoms with Crippen molar-refractivity contribution >= 4 is 38.0 Å². The molecule has 0 saturated heterocycles. The molecule has 0 bridgehead atoms. The van der Waals surface area contributed by atoms with Crippen LogP contribution in [0.4, 0.5) is 0 Å². The summed E-state index contributed by atoms with van der Waals surface area (Å²) >= 11 is 0. The van der Waals surface area contributed by atoms with Gasteiger partial charge in [0.15, 0.2) is 0 Å². The predicted molar refractivity (Wildman–Crippen MR) is 293 cm³/mol. The minimum Gasteiger partial charge on any atom is -0.254 e. The fourth-order valence-corrected chi connectivity index (χ4v) is 21.4. The number of rotatable bonds is 16. The van der Waals surface area contributed by atoms with Crippen molar-refractivity contribution in [1.29, 1.82) is 0 Å². The van der Waals surface area contributed by atoms with Crippen molar-refractivity contribution in [1.82, 2.24) is 9.97 Å². The van der Waals surface area contributed by atoms with Crippen LogP contribution >= 0.6 is 0 Å². The summed E-state index contributed by atoms with van der Waals surface area (Å²) in [6.45, 7) is 33.0. The molecule has 4 heteroatoms. The van der Waals surface area contributed by atoms with Crippen LogP contribution < -0.4 is 0 Å². The molecular formula is C62H80N2Si2. The summed E-state index contributed by atoms with van der Waals surface area (Å²) < 4.78 is 0. The lowest BCUT2D eigenvalue weighted by Gasteiger charge is -2.38. The Labute approximate surface area is 404 Å². The lowest BCUT2D eigenvalue weighted by atomic mass is 9.94. The van der Waals surface area contributed by atoms with Gasteiger partial charge in [-0.2, -0.15) is 0 Å². The second-order valence-electron chi connectivity index (χ2n) is 20.7. The zero-order valence-corrected chi connectivity index (χ0v) is 45.4. The van der Waals surface area contributed by atoms with E-state index in [-0.39, 0.29) is 0 Å². The number of benzene rings is 3. The summed E-state index contributed by atoms with van der Waals surface area (Å²) in [4.78, 5) is 10.3. The van der Waals surface area contributed by atoms with Crippen LogP contribution in [0, 0.1) is 46.6 Å². The van der Waals surface area contributed by atoms with Gasteiger partial charge >= 0.3 is 0 Å². The highest BCUT2D eigenvalue weighted by Gasteiger charge is 2.42. The second-order valence-corrected chi connectivity index (χ2v) is 31.9. The smallest absolute Gasteiger partial charge is 0.146 e. The van der Waals surface area contributed by atoms with Crippen molar-refractivity contribution in [3.8, 4) is 46.6 Å². The van der Waals surface area contributed by atoms with Crippen LogP contribution in [0.5, 0.6) is 0 Å². The third kappa shape index (κ3) is 12.2. The molecule has 0 aliphatic rings. The molecule has 2 nitrogen and oxygen atoms in total. The van der Waals surface area contributed by atoms with E-state index in [1.807, 2.05) is 0 Å². The number of hydrogen-bond donors (Lipinski definition) is 0. The molecular weight excluding hydrogens is 829 g/mol. The van der Waals surface area contributed by atoms with E-state index in [1.165, 1.54) is 49.7 Å². The van der Waals surface area contributed by atoms with E-state index in [0.29, 0.717) is 33.2 Å². The predicted octanol–water partition coefficient (Wildman–Crippen LogP) is 17.0. The zero-order chi connectivity index (χ0) is 48.0. The summed E-state index contributed by atoms with van der Waals surface area (Å²) in [6, 6.07) is 21.6. The molecule has 0 N–H and O–H groups in total. The molecule has 0 saturated carbocycles. The molecule has 3 aromatic carbocycles. The SMILES string of the molecule is CCCCCCc1cnc2c(ccc3c(C#Cc4ccc(C#C[Si](C(C)C)(C(C)C)C(C)C)cc4)c(CCCCCC)cnc32)c1C#Cc1ccc(C#C[Si](C(C)C)(C(C)C)C(C)C)cc1. The van der Waals surface area contributed by atoms with Crippen molar-refractivity contribution in [2.45, 2.75) is 194 Å². The number of nitrogens with zero attached hydrogens (tertiary/aromatic N) is 2. The van der Waals surface area contributed by atoms with E-state index >= 15 is 0 Å². The number of hydrogen-bond acceptors (Lipinski definition) is 2. The topological polar surface area (TPSA) is 25.8 Å². The van der Waals surface area contributed by atoms with Gasteiger partial charge in [-0.1, -0.05) is 183 Å². The van der Waals surface area contributed by atoms with Gasteiger partial charge in [0.05, 0.1) is 11.0 Å². The molecule has 5 aromatic rings. The van der Waals surface area contributed by atoms with E-state index in [9.17, 15) is 0 Å². The van der Waals surface area contributed by atoms with Gasteiger partial charge in [0, 0.05) is 56.5 Å². The van der Waals surface area contributed by atoms with Crippen LogP contribution in [0.25, 0.3) is 21.8 Å². The van der Waals surface area contributed by atoms with Gasteiger partial charge in [-0.25, -0.2) is 0 Å². The molecule has 0 fully saturated rings. The van der Waals surface area contributed by atoms with Crippen LogP contribution in [0.2, 0.25) is 33.2 Å². The molecule has 0 aliphatic carbocycles. The first-order valence-electron chi connectivity index (χ1n) is 25.6. The van der Waals surface area contributed by atoms with Gasteiger partial charge in [-0.05, 0) is 119 Å². The molecule has 2 heterocycles. The quantitative estimate of drug-likeness (QED) is 0.0427. The van der Waals surface area contributed by atoms with Gasteiger partial charge in [0.1, 0.15) is 16.1 Å². The molecule has 0 spiro atoms. The molecule has 5 rings (SSSR count). The maximum atomic E-state index is 5.16. The average Bonchev–Trinajstić information content (AvgIpc) is 3.28. The molecule has 0 aliphatic heterocycles. The third-order valence-electron chi connectivity index (χ3n) is 14.6. The van der Waals surface area contributed by atoms with Gasteiger partial charge in [-0.15, -0.1) is 11.1 Å². The number of aromatic nitrogens is 2. The van der Waals surface area contributed by atoms with E-state index in [4.69, 9.17) is 9.97 Å². The van der Waals surface area contributed by atoms with Crippen LogP contribution in [0.1, 0.15) is 193 Å². The Morgan fingerprint density at radius 3 is 0.970 bits per heavy atom. The largest absolute Gasteiger partial charge is 0.254 e. The van der Waals surface area contributed by atoms with Crippen molar-refractivity contribution in [3.63, 3.8) is 0 Å². The van der Waals surface area contributed by atoms with Crippen molar-refractivity contribution in [3.05, 3.63) is 118 Å². The Kier molecular flexibility index (Phi) is 19.2. The highest BCUT2D eigenvalue weighted by Crippen LogP contribution is 2.42. The summed E-state index contributed by atoms with van der Waals surface area (Å²) in [5.41, 5.74) is 21.8. The van der Waals surface area contributed by atoms with E-state index in [0.717, 1.165) is 80.9 Å². The van der Waals surface area contributed by atoms with Crippen molar-refractivity contribution < 1.29 is 0 Å². The summed E-state index contributed by atoms with van der Waals surface area (Å²) in [5, 5.41) is 2.11. The summed E-state index contributed by atoms with van der Waals surface area (Å²) in [5.74, 6) is 21.7. The minimum absolute atomic E-state index is 0.603. The number of unbranched alkanes of at least 4 members (excludes halogenated alkanes) is 6. The standard InChI is InChI=1S/C62H80N2Si2/c1-15-17-19-21-23-55-43-63-61-59(57(55)35-33-51-25-29-53(30-26-51)39-41-65(45(3)4,46(5)6)47(7)8)37-38-60-58(56(44-64-62(60)61)24-22-20-18-16-2)36-34-52-27-31-54(32-28-52)40-42-66(48(9)10,49(11)12)50(13)14/h25-32,37-38,43-50H,15-24H2,1-14H3. The number of fused-ring (bicyclic) bond motifs is 3. The molecule has 0 atom stereocenters. The van der Waals surface area contributed by atoms with Gasteiger partial charge in [0.25, 0.3) is 0 Å². The first-order valence-corrected chi connectivity index (χ1v) is 30.1. The zero-order valence-electron chi connectivity index (χ0n) is 43.4.